The van der Waals surface area contributed by atoms with Gasteiger partial charge in [0, 0.05) is 11.4 Å². The number of carbonyl (C=O) groups is 1. The summed E-state index contributed by atoms with van der Waals surface area (Å²) in [6.45, 7) is 0. The lowest BCUT2D eigenvalue weighted by Gasteiger charge is -2.38. The van der Waals surface area contributed by atoms with Crippen LogP contribution in [0.3, 0.4) is 0 Å². The zero-order chi connectivity index (χ0) is 21.0. The molecule has 1 saturated heterocycles. The number of aliphatic hydroxyl groups is 3. The maximum atomic E-state index is 11.1. The summed E-state index contributed by atoms with van der Waals surface area (Å²) in [6.07, 6.45) is -8.31. The molecule has 1 aliphatic heterocycles. The minimum atomic E-state index is -1.77. The largest absolute Gasteiger partial charge is 0.479 e. The molecule has 1 aliphatic rings. The van der Waals surface area contributed by atoms with Gasteiger partial charge in [-0.15, -0.1) is 0 Å². The minimum absolute atomic E-state index is 0.259. The van der Waals surface area contributed by atoms with E-state index in [1.165, 1.54) is 0 Å². The fraction of sp³-hybridized carbons (Fsp3) is 0.263. The molecule has 154 valence electrons. The molecule has 3 rings (SSSR count). The highest BCUT2D eigenvalue weighted by Crippen LogP contribution is 2.25. The van der Waals surface area contributed by atoms with E-state index in [0.717, 1.165) is 5.69 Å². The SMILES string of the molecule is O=C(O)C1OC(Oc2ccc(NC(=S)Nc3ccccc3)cc2)C(O)C(O)C1O. The number of rotatable bonds is 5. The van der Waals surface area contributed by atoms with E-state index in [2.05, 4.69) is 10.6 Å². The third kappa shape index (κ3) is 5.19. The standard InChI is InChI=1S/C19H20N2O7S/c22-13-14(23)16(17(25)26)28-18(15(13)24)27-12-8-6-11(7-9-12)21-19(29)20-10-4-2-1-3-5-10/h1-9,13-16,18,22-24H,(H,25,26)(H2,20,21,29). The first kappa shape index (κ1) is 21.0. The summed E-state index contributed by atoms with van der Waals surface area (Å²) >= 11 is 5.24. The Labute approximate surface area is 171 Å². The van der Waals surface area contributed by atoms with Gasteiger partial charge in [-0.25, -0.2) is 4.79 Å². The van der Waals surface area contributed by atoms with E-state index >= 15 is 0 Å². The third-order valence-corrected chi connectivity index (χ3v) is 4.41. The molecule has 6 N–H and O–H groups in total. The first-order chi connectivity index (χ1) is 13.8. The van der Waals surface area contributed by atoms with Crippen LogP contribution >= 0.6 is 12.2 Å². The average molecular weight is 420 g/mol. The van der Waals surface area contributed by atoms with Crippen molar-refractivity contribution in [3.05, 3.63) is 54.6 Å². The first-order valence-corrected chi connectivity index (χ1v) is 9.08. The molecule has 5 unspecified atom stereocenters. The Balaban J connectivity index is 1.60. The van der Waals surface area contributed by atoms with Crippen LogP contribution in [-0.2, 0) is 9.53 Å². The first-order valence-electron chi connectivity index (χ1n) is 8.67. The number of nitrogens with one attached hydrogen (secondary N) is 2. The van der Waals surface area contributed by atoms with Gasteiger partial charge in [-0.05, 0) is 48.6 Å². The van der Waals surface area contributed by atoms with Crippen molar-refractivity contribution in [1.29, 1.82) is 0 Å². The van der Waals surface area contributed by atoms with Crippen LogP contribution in [0.15, 0.2) is 54.6 Å². The number of carboxylic acid groups (broad SMARTS) is 1. The Morgan fingerprint density at radius 3 is 2.07 bits per heavy atom. The van der Waals surface area contributed by atoms with Gasteiger partial charge in [0.25, 0.3) is 0 Å². The van der Waals surface area contributed by atoms with Crippen LogP contribution in [0.25, 0.3) is 0 Å². The molecule has 0 saturated carbocycles. The van der Waals surface area contributed by atoms with Crippen molar-refractivity contribution < 1.29 is 34.7 Å². The number of carboxylic acids is 1. The van der Waals surface area contributed by atoms with Crippen molar-refractivity contribution >= 4 is 34.7 Å². The molecule has 1 heterocycles. The zero-order valence-electron chi connectivity index (χ0n) is 15.0. The number of thiocarbonyl (C=S) groups is 1. The van der Waals surface area contributed by atoms with Crippen LogP contribution < -0.4 is 15.4 Å². The van der Waals surface area contributed by atoms with Gasteiger partial charge < -0.3 is 40.5 Å². The molecule has 0 radical (unpaired) electrons. The number of aliphatic hydroxyl groups excluding tert-OH is 3. The van der Waals surface area contributed by atoms with E-state index in [1.807, 2.05) is 30.3 Å². The van der Waals surface area contributed by atoms with E-state index in [0.29, 0.717) is 10.8 Å². The lowest BCUT2D eigenvalue weighted by Crippen LogP contribution is -2.61. The minimum Gasteiger partial charge on any atom is -0.479 e. The van der Waals surface area contributed by atoms with Crippen molar-refractivity contribution in [3.63, 3.8) is 0 Å². The molecular formula is C19H20N2O7S. The lowest BCUT2D eigenvalue weighted by atomic mass is 9.99. The highest BCUT2D eigenvalue weighted by atomic mass is 32.1. The normalized spacial score (nSPS) is 26.4. The highest BCUT2D eigenvalue weighted by molar-refractivity contribution is 7.80. The smallest absolute Gasteiger partial charge is 0.335 e. The molecule has 0 aliphatic carbocycles. The van der Waals surface area contributed by atoms with Crippen molar-refractivity contribution in [3.8, 4) is 5.75 Å². The Bertz CT molecular complexity index is 849. The van der Waals surface area contributed by atoms with Crippen LogP contribution in [0.2, 0.25) is 0 Å². The molecule has 5 atom stereocenters. The molecule has 1 fully saturated rings. The van der Waals surface area contributed by atoms with Gasteiger partial charge in [0.05, 0.1) is 0 Å². The van der Waals surface area contributed by atoms with Crippen LogP contribution in [0.4, 0.5) is 11.4 Å². The van der Waals surface area contributed by atoms with Crippen molar-refractivity contribution in [2.75, 3.05) is 10.6 Å². The van der Waals surface area contributed by atoms with Gasteiger partial charge in [0.2, 0.25) is 6.29 Å². The number of aliphatic carboxylic acids is 1. The van der Waals surface area contributed by atoms with Crippen molar-refractivity contribution in [1.82, 2.24) is 0 Å². The maximum Gasteiger partial charge on any atom is 0.335 e. The molecular weight excluding hydrogens is 400 g/mol. The molecule has 0 aromatic heterocycles. The number of hydrogen-bond donors (Lipinski definition) is 6. The van der Waals surface area contributed by atoms with Crippen LogP contribution in [0.5, 0.6) is 5.75 Å². The summed E-state index contributed by atoms with van der Waals surface area (Å²) in [4.78, 5) is 11.1. The Morgan fingerprint density at radius 1 is 0.897 bits per heavy atom. The summed E-state index contributed by atoms with van der Waals surface area (Å²) in [5.74, 6) is -1.22. The molecule has 0 spiro atoms. The van der Waals surface area contributed by atoms with Gasteiger partial charge >= 0.3 is 5.97 Å². The molecule has 0 amide bonds. The van der Waals surface area contributed by atoms with Crippen LogP contribution in [0, 0.1) is 0 Å². The van der Waals surface area contributed by atoms with Gasteiger partial charge in [-0.3, -0.25) is 0 Å². The summed E-state index contributed by atoms with van der Waals surface area (Å²) in [5, 5.41) is 45.0. The molecule has 2 aromatic carbocycles. The van der Waals surface area contributed by atoms with Crippen molar-refractivity contribution in [2.24, 2.45) is 0 Å². The highest BCUT2D eigenvalue weighted by Gasteiger charge is 2.48. The van der Waals surface area contributed by atoms with Crippen molar-refractivity contribution in [2.45, 2.75) is 30.7 Å². The van der Waals surface area contributed by atoms with E-state index in [1.54, 1.807) is 24.3 Å². The summed E-state index contributed by atoms with van der Waals surface area (Å²) in [7, 11) is 0. The second-order valence-electron chi connectivity index (χ2n) is 6.32. The fourth-order valence-corrected chi connectivity index (χ4v) is 2.95. The fourth-order valence-electron chi connectivity index (χ4n) is 2.72. The summed E-state index contributed by atoms with van der Waals surface area (Å²) < 4.78 is 10.5. The Hall–Kier alpha value is -2.76. The quantitative estimate of drug-likeness (QED) is 0.384. The molecule has 2 aromatic rings. The summed E-state index contributed by atoms with van der Waals surface area (Å²) in [6, 6.07) is 15.8. The predicted molar refractivity (Wildman–Crippen MR) is 108 cm³/mol. The number of anilines is 2. The van der Waals surface area contributed by atoms with Crippen LogP contribution in [0.1, 0.15) is 0 Å². The van der Waals surface area contributed by atoms with E-state index in [9.17, 15) is 20.1 Å². The van der Waals surface area contributed by atoms with E-state index in [-0.39, 0.29) is 5.75 Å². The maximum absolute atomic E-state index is 11.1. The molecule has 9 nitrogen and oxygen atoms in total. The Kier molecular flexibility index (Phi) is 6.62. The number of para-hydroxylation sites is 1. The average Bonchev–Trinajstić information content (AvgIpc) is 2.70. The van der Waals surface area contributed by atoms with Gasteiger partial charge in [0.15, 0.2) is 11.2 Å². The van der Waals surface area contributed by atoms with Gasteiger partial charge in [0.1, 0.15) is 24.1 Å². The number of hydrogen-bond acceptors (Lipinski definition) is 7. The molecule has 29 heavy (non-hydrogen) atoms. The lowest BCUT2D eigenvalue weighted by molar-refractivity contribution is -0.271. The second kappa shape index (κ2) is 9.16. The van der Waals surface area contributed by atoms with Gasteiger partial charge in [-0.2, -0.15) is 0 Å². The van der Waals surface area contributed by atoms with Crippen LogP contribution in [-0.4, -0.2) is 62.2 Å². The van der Waals surface area contributed by atoms with Gasteiger partial charge in [-0.1, -0.05) is 18.2 Å². The number of benzene rings is 2. The molecule has 0 bridgehead atoms. The monoisotopic (exact) mass is 420 g/mol. The third-order valence-electron chi connectivity index (χ3n) is 4.21. The molecule has 10 heteroatoms. The Morgan fingerprint density at radius 2 is 1.48 bits per heavy atom. The predicted octanol–water partition coefficient (Wildman–Crippen LogP) is 0.766. The summed E-state index contributed by atoms with van der Waals surface area (Å²) in [5.41, 5.74) is 1.50. The zero-order valence-corrected chi connectivity index (χ0v) is 15.8. The topological polar surface area (TPSA) is 141 Å². The second-order valence-corrected chi connectivity index (χ2v) is 6.73. The van der Waals surface area contributed by atoms with E-state index < -0.39 is 36.7 Å². The van der Waals surface area contributed by atoms with E-state index in [4.69, 9.17) is 26.8 Å². The number of ether oxygens (including phenoxy) is 2.